The third-order valence-electron chi connectivity index (χ3n) is 3.20. The minimum Gasteiger partial charge on any atom is -0.452 e. The van der Waals surface area contributed by atoms with E-state index in [1.54, 1.807) is 6.07 Å². The van der Waals surface area contributed by atoms with Gasteiger partial charge in [0.05, 0.1) is 27.0 Å². The molecule has 0 aromatic heterocycles. The van der Waals surface area contributed by atoms with Crippen molar-refractivity contribution in [2.45, 2.75) is 5.75 Å². The van der Waals surface area contributed by atoms with Crippen molar-refractivity contribution in [3.05, 3.63) is 62.6 Å². The van der Waals surface area contributed by atoms with Gasteiger partial charge in [-0.05, 0) is 29.8 Å². The minimum atomic E-state index is -3.24. The number of anilines is 1. The Morgan fingerprint density at radius 3 is 2.30 bits per heavy atom. The average Bonchev–Trinajstić information content (AvgIpc) is 2.54. The highest BCUT2D eigenvalue weighted by molar-refractivity contribution is 7.89. The molecule has 0 radical (unpaired) electrons. The van der Waals surface area contributed by atoms with Crippen LogP contribution >= 0.6 is 34.8 Å². The minimum absolute atomic E-state index is 0.131. The quantitative estimate of drug-likeness (QED) is 0.672. The number of amides is 1. The Morgan fingerprint density at radius 2 is 1.70 bits per heavy atom. The maximum atomic E-state index is 12.1. The Morgan fingerprint density at radius 1 is 1.07 bits per heavy atom. The van der Waals surface area contributed by atoms with Gasteiger partial charge >= 0.3 is 5.97 Å². The lowest BCUT2D eigenvalue weighted by atomic mass is 10.1. The first-order valence-electron chi connectivity index (χ1n) is 7.43. The van der Waals surface area contributed by atoms with Crippen LogP contribution < -0.4 is 5.32 Å². The van der Waals surface area contributed by atoms with Gasteiger partial charge in [-0.2, -0.15) is 0 Å². The molecule has 6 nitrogen and oxygen atoms in total. The fraction of sp³-hybridized carbons (Fsp3) is 0.176. The highest BCUT2D eigenvalue weighted by atomic mass is 35.5. The summed E-state index contributed by atoms with van der Waals surface area (Å²) in [5.41, 5.74) is 0.724. The van der Waals surface area contributed by atoms with Gasteiger partial charge in [0.15, 0.2) is 16.4 Å². The van der Waals surface area contributed by atoms with E-state index in [4.69, 9.17) is 39.5 Å². The lowest BCUT2D eigenvalue weighted by molar-refractivity contribution is -0.119. The molecule has 2 aromatic rings. The fourth-order valence-corrected chi connectivity index (χ4v) is 3.84. The molecule has 10 heteroatoms. The number of carbonyl (C=O) groups is 2. The van der Waals surface area contributed by atoms with Gasteiger partial charge < -0.3 is 10.1 Å². The summed E-state index contributed by atoms with van der Waals surface area (Å²) in [6.45, 7) is -0.579. The maximum absolute atomic E-state index is 12.1. The predicted octanol–water partition coefficient (Wildman–Crippen LogP) is 3.99. The molecule has 0 spiro atoms. The molecular formula is C17H14Cl3NO5S. The summed E-state index contributed by atoms with van der Waals surface area (Å²) in [5, 5.41) is 3.02. The highest BCUT2D eigenvalue weighted by Gasteiger charge is 2.15. The lowest BCUT2D eigenvalue weighted by Crippen LogP contribution is -2.21. The average molecular weight is 451 g/mol. The third-order valence-corrected chi connectivity index (χ3v) is 4.87. The van der Waals surface area contributed by atoms with Gasteiger partial charge in [-0.3, -0.25) is 4.79 Å². The number of esters is 1. The van der Waals surface area contributed by atoms with Crippen molar-refractivity contribution >= 4 is 62.2 Å². The summed E-state index contributed by atoms with van der Waals surface area (Å²) in [6, 6.07) is 8.78. The summed E-state index contributed by atoms with van der Waals surface area (Å²) < 4.78 is 27.6. The molecule has 0 saturated heterocycles. The Balaban J connectivity index is 1.99. The standard InChI is InChI=1S/C17H14Cl3NO5S/c1-27(24,25)9-10-3-2-4-11(5-10)17(23)26-8-15(22)21-16-13(19)6-12(18)7-14(16)20/h2-7H,8-9H2,1H3,(H,21,22). The maximum Gasteiger partial charge on any atom is 0.338 e. The molecule has 2 aromatic carbocycles. The molecule has 0 saturated carbocycles. The van der Waals surface area contributed by atoms with Crippen LogP contribution in [0.2, 0.25) is 15.1 Å². The zero-order chi connectivity index (χ0) is 20.2. The van der Waals surface area contributed by atoms with Crippen LogP contribution in [0.5, 0.6) is 0 Å². The van der Waals surface area contributed by atoms with Gasteiger partial charge in [0, 0.05) is 11.3 Å². The largest absolute Gasteiger partial charge is 0.452 e. The second kappa shape index (κ2) is 8.93. The van der Waals surface area contributed by atoms with Crippen LogP contribution in [0.1, 0.15) is 15.9 Å². The molecule has 0 bridgehead atoms. The van der Waals surface area contributed by atoms with E-state index in [1.165, 1.54) is 30.3 Å². The van der Waals surface area contributed by atoms with Crippen LogP contribution in [0.25, 0.3) is 0 Å². The zero-order valence-electron chi connectivity index (χ0n) is 14.0. The number of carbonyl (C=O) groups excluding carboxylic acids is 2. The van der Waals surface area contributed by atoms with Crippen molar-refractivity contribution in [3.63, 3.8) is 0 Å². The number of nitrogens with one attached hydrogen (secondary N) is 1. The monoisotopic (exact) mass is 449 g/mol. The van der Waals surface area contributed by atoms with Crippen molar-refractivity contribution in [2.75, 3.05) is 18.2 Å². The molecule has 0 aliphatic heterocycles. The van der Waals surface area contributed by atoms with Gasteiger partial charge in [0.25, 0.3) is 5.91 Å². The summed E-state index contributed by atoms with van der Waals surface area (Å²) in [4.78, 5) is 24.1. The molecule has 0 fully saturated rings. The highest BCUT2D eigenvalue weighted by Crippen LogP contribution is 2.33. The molecule has 1 amide bonds. The van der Waals surface area contributed by atoms with E-state index in [-0.39, 0.29) is 27.0 Å². The Kier molecular flexibility index (Phi) is 7.11. The van der Waals surface area contributed by atoms with E-state index >= 15 is 0 Å². The van der Waals surface area contributed by atoms with Crippen molar-refractivity contribution in [1.29, 1.82) is 0 Å². The molecular weight excluding hydrogens is 437 g/mol. The van der Waals surface area contributed by atoms with Crippen LogP contribution in [0, 0.1) is 0 Å². The van der Waals surface area contributed by atoms with Gasteiger partial charge in [-0.25, -0.2) is 13.2 Å². The predicted molar refractivity (Wildman–Crippen MR) is 105 cm³/mol. The number of hydrogen-bond acceptors (Lipinski definition) is 5. The zero-order valence-corrected chi connectivity index (χ0v) is 17.0. The van der Waals surface area contributed by atoms with E-state index in [0.29, 0.717) is 10.6 Å². The van der Waals surface area contributed by atoms with Gasteiger partial charge in [-0.15, -0.1) is 0 Å². The van der Waals surface area contributed by atoms with Gasteiger partial charge in [-0.1, -0.05) is 46.9 Å². The van der Waals surface area contributed by atoms with E-state index in [0.717, 1.165) is 6.26 Å². The number of hydrogen-bond donors (Lipinski definition) is 1. The van der Waals surface area contributed by atoms with Gasteiger partial charge in [0.2, 0.25) is 0 Å². The molecule has 27 heavy (non-hydrogen) atoms. The van der Waals surface area contributed by atoms with E-state index < -0.39 is 28.3 Å². The smallest absolute Gasteiger partial charge is 0.338 e. The number of rotatable bonds is 6. The topological polar surface area (TPSA) is 89.5 Å². The molecule has 0 heterocycles. The number of benzene rings is 2. The van der Waals surface area contributed by atoms with E-state index in [9.17, 15) is 18.0 Å². The van der Waals surface area contributed by atoms with Crippen LogP contribution in [0.3, 0.4) is 0 Å². The normalized spacial score (nSPS) is 11.1. The van der Waals surface area contributed by atoms with Crippen LogP contribution in [-0.2, 0) is 25.1 Å². The summed E-state index contributed by atoms with van der Waals surface area (Å²) in [7, 11) is -3.24. The van der Waals surface area contributed by atoms with Crippen molar-refractivity contribution in [2.24, 2.45) is 0 Å². The fourth-order valence-electron chi connectivity index (χ4n) is 2.14. The molecule has 1 N–H and O–H groups in total. The molecule has 0 atom stereocenters. The number of halogens is 3. The number of sulfone groups is 1. The summed E-state index contributed by atoms with van der Waals surface area (Å²) >= 11 is 17.7. The Bertz CT molecular complexity index is 969. The third kappa shape index (κ3) is 6.70. The molecule has 0 unspecified atom stereocenters. The van der Waals surface area contributed by atoms with Crippen LogP contribution in [-0.4, -0.2) is 33.2 Å². The summed E-state index contributed by atoms with van der Waals surface area (Å²) in [5.74, 6) is -1.63. The summed E-state index contributed by atoms with van der Waals surface area (Å²) in [6.07, 6.45) is 1.09. The number of ether oxygens (including phenoxy) is 1. The van der Waals surface area contributed by atoms with Crippen LogP contribution in [0.4, 0.5) is 5.69 Å². The van der Waals surface area contributed by atoms with Crippen LogP contribution in [0.15, 0.2) is 36.4 Å². The first-order valence-corrected chi connectivity index (χ1v) is 10.6. The Labute approximate surface area is 171 Å². The van der Waals surface area contributed by atoms with Crippen molar-refractivity contribution < 1.29 is 22.7 Å². The first-order chi connectivity index (χ1) is 12.5. The molecule has 144 valence electrons. The molecule has 2 rings (SSSR count). The SMILES string of the molecule is CS(=O)(=O)Cc1cccc(C(=O)OCC(=O)Nc2c(Cl)cc(Cl)cc2Cl)c1. The van der Waals surface area contributed by atoms with E-state index in [1.807, 2.05) is 0 Å². The van der Waals surface area contributed by atoms with Crippen molar-refractivity contribution in [3.8, 4) is 0 Å². The first kappa shape index (κ1) is 21.5. The van der Waals surface area contributed by atoms with Gasteiger partial charge in [0.1, 0.15) is 0 Å². The molecule has 0 aliphatic rings. The second-order valence-corrected chi connectivity index (χ2v) is 9.03. The lowest BCUT2D eigenvalue weighted by Gasteiger charge is -2.10. The Hall–Kier alpha value is -1.80. The van der Waals surface area contributed by atoms with E-state index in [2.05, 4.69) is 5.32 Å². The second-order valence-electron chi connectivity index (χ2n) is 5.64. The van der Waals surface area contributed by atoms with Crippen molar-refractivity contribution in [1.82, 2.24) is 0 Å². The molecule has 0 aliphatic carbocycles.